The van der Waals surface area contributed by atoms with Gasteiger partial charge in [-0.2, -0.15) is 0 Å². The lowest BCUT2D eigenvalue weighted by Gasteiger charge is -2.32. The molecule has 0 aromatic carbocycles. The molecule has 1 N–H and O–H groups in total. The van der Waals surface area contributed by atoms with Crippen LogP contribution in [0.1, 0.15) is 44.1 Å². The number of ether oxygens (including phenoxy) is 1. The first kappa shape index (κ1) is 18.3. The third-order valence-corrected chi connectivity index (χ3v) is 3.75. The Morgan fingerprint density at radius 1 is 1.38 bits per heavy atom. The highest BCUT2D eigenvalue weighted by Crippen LogP contribution is 2.16. The number of hydrogen-bond acceptors (Lipinski definition) is 6. The van der Waals surface area contributed by atoms with Gasteiger partial charge in [0.2, 0.25) is 0 Å². The second-order valence-electron chi connectivity index (χ2n) is 7.14. The second-order valence-corrected chi connectivity index (χ2v) is 7.14. The number of likely N-dealkylation sites (tertiary alicyclic amines) is 1. The lowest BCUT2D eigenvalue weighted by atomic mass is 9.97. The van der Waals surface area contributed by atoms with E-state index in [0.717, 1.165) is 25.9 Å². The molecule has 1 aliphatic heterocycles. The summed E-state index contributed by atoms with van der Waals surface area (Å²) >= 11 is 0. The van der Waals surface area contributed by atoms with Crippen LogP contribution in [0.5, 0.6) is 0 Å². The smallest absolute Gasteiger partial charge is 0.407 e. The van der Waals surface area contributed by atoms with Crippen molar-refractivity contribution in [3.05, 3.63) is 24.3 Å². The minimum atomic E-state index is -0.494. The fourth-order valence-electron chi connectivity index (χ4n) is 2.73. The summed E-state index contributed by atoms with van der Waals surface area (Å²) in [6, 6.07) is 0. The molecule has 1 aromatic heterocycles. The van der Waals surface area contributed by atoms with Gasteiger partial charge in [0.15, 0.2) is 5.78 Å². The number of alkyl carbamates (subject to hydrolysis) is 1. The molecule has 0 bridgehead atoms. The predicted octanol–water partition coefficient (Wildman–Crippen LogP) is 1.90. The van der Waals surface area contributed by atoms with E-state index in [-0.39, 0.29) is 5.78 Å². The molecule has 2 heterocycles. The van der Waals surface area contributed by atoms with E-state index in [4.69, 9.17) is 4.74 Å². The third-order valence-electron chi connectivity index (χ3n) is 3.75. The SMILES string of the molecule is CC(C)(C)OC(=O)NCC1CCCN(CC(=O)c2cnccn2)C1. The molecular weight excluding hydrogens is 308 g/mol. The number of ketones is 1. The van der Waals surface area contributed by atoms with Crippen LogP contribution in [0.4, 0.5) is 4.79 Å². The Bertz CT molecular complexity index is 557. The topological polar surface area (TPSA) is 84.4 Å². The Hall–Kier alpha value is -2.02. The van der Waals surface area contributed by atoms with Gasteiger partial charge in [0.1, 0.15) is 11.3 Å². The molecule has 1 atom stereocenters. The summed E-state index contributed by atoms with van der Waals surface area (Å²) in [5.74, 6) is 0.296. The predicted molar refractivity (Wildman–Crippen MR) is 89.8 cm³/mol. The van der Waals surface area contributed by atoms with Crippen molar-refractivity contribution in [3.8, 4) is 0 Å². The fourth-order valence-corrected chi connectivity index (χ4v) is 2.73. The molecule has 132 valence electrons. The highest BCUT2D eigenvalue weighted by Gasteiger charge is 2.24. The van der Waals surface area contributed by atoms with Crippen LogP contribution in [0.15, 0.2) is 18.6 Å². The number of piperidine rings is 1. The number of carbonyl (C=O) groups is 2. The van der Waals surface area contributed by atoms with Gasteiger partial charge in [-0.05, 0) is 46.1 Å². The molecule has 7 nitrogen and oxygen atoms in total. The zero-order valence-electron chi connectivity index (χ0n) is 14.6. The number of rotatable bonds is 5. The normalized spacial score (nSPS) is 18.9. The van der Waals surface area contributed by atoms with Gasteiger partial charge in [0.25, 0.3) is 0 Å². The van der Waals surface area contributed by atoms with E-state index in [0.29, 0.717) is 24.7 Å². The quantitative estimate of drug-likeness (QED) is 0.828. The van der Waals surface area contributed by atoms with Crippen LogP contribution in [0, 0.1) is 5.92 Å². The molecule has 0 aliphatic carbocycles. The second kappa shape index (κ2) is 8.19. The molecule has 1 amide bonds. The molecule has 1 unspecified atom stereocenters. The maximum atomic E-state index is 12.2. The molecule has 0 saturated carbocycles. The maximum absolute atomic E-state index is 12.2. The lowest BCUT2D eigenvalue weighted by molar-refractivity contribution is 0.0504. The summed E-state index contributed by atoms with van der Waals surface area (Å²) in [6.07, 6.45) is 6.22. The van der Waals surface area contributed by atoms with Gasteiger partial charge in [-0.3, -0.25) is 14.7 Å². The van der Waals surface area contributed by atoms with E-state index in [1.807, 2.05) is 20.8 Å². The number of nitrogens with one attached hydrogen (secondary N) is 1. The first-order chi connectivity index (χ1) is 11.3. The monoisotopic (exact) mass is 334 g/mol. The first-order valence-corrected chi connectivity index (χ1v) is 8.32. The average molecular weight is 334 g/mol. The van der Waals surface area contributed by atoms with Gasteiger partial charge in [0.05, 0.1) is 12.7 Å². The van der Waals surface area contributed by atoms with E-state index >= 15 is 0 Å². The van der Waals surface area contributed by atoms with Crippen molar-refractivity contribution in [1.29, 1.82) is 0 Å². The summed E-state index contributed by atoms with van der Waals surface area (Å²) in [5.41, 5.74) is -0.0993. The summed E-state index contributed by atoms with van der Waals surface area (Å²) in [5, 5.41) is 2.82. The number of carbonyl (C=O) groups excluding carboxylic acids is 2. The number of aromatic nitrogens is 2. The van der Waals surface area contributed by atoms with Crippen molar-refractivity contribution in [3.63, 3.8) is 0 Å². The van der Waals surface area contributed by atoms with Gasteiger partial charge < -0.3 is 10.1 Å². The van der Waals surface area contributed by atoms with Gasteiger partial charge >= 0.3 is 6.09 Å². The van der Waals surface area contributed by atoms with Crippen LogP contribution < -0.4 is 5.32 Å². The van der Waals surface area contributed by atoms with Crippen LogP contribution in [0.3, 0.4) is 0 Å². The maximum Gasteiger partial charge on any atom is 0.407 e. The van der Waals surface area contributed by atoms with Crippen molar-refractivity contribution in [2.45, 2.75) is 39.2 Å². The number of hydrogen-bond donors (Lipinski definition) is 1. The van der Waals surface area contributed by atoms with E-state index in [1.54, 1.807) is 6.20 Å². The first-order valence-electron chi connectivity index (χ1n) is 8.32. The van der Waals surface area contributed by atoms with Crippen molar-refractivity contribution >= 4 is 11.9 Å². The van der Waals surface area contributed by atoms with Crippen LogP contribution in [0.2, 0.25) is 0 Å². The third kappa shape index (κ3) is 6.23. The number of nitrogens with zero attached hydrogens (tertiary/aromatic N) is 3. The Balaban J connectivity index is 1.77. The van der Waals surface area contributed by atoms with E-state index in [1.165, 1.54) is 12.4 Å². The molecule has 24 heavy (non-hydrogen) atoms. The van der Waals surface area contributed by atoms with E-state index in [2.05, 4.69) is 20.2 Å². The fraction of sp³-hybridized carbons (Fsp3) is 0.647. The molecule has 1 saturated heterocycles. The summed E-state index contributed by atoms with van der Waals surface area (Å²) in [7, 11) is 0. The molecule has 0 spiro atoms. The van der Waals surface area contributed by atoms with Crippen LogP contribution >= 0.6 is 0 Å². The highest BCUT2D eigenvalue weighted by molar-refractivity contribution is 5.95. The minimum absolute atomic E-state index is 0.0242. The number of Topliss-reactive ketones (excluding diaryl/α,β-unsaturated/α-hetero) is 1. The Kier molecular flexibility index (Phi) is 6.25. The summed E-state index contributed by atoms with van der Waals surface area (Å²) < 4.78 is 5.25. The van der Waals surface area contributed by atoms with Crippen molar-refractivity contribution in [2.24, 2.45) is 5.92 Å². The molecule has 7 heteroatoms. The average Bonchev–Trinajstić information content (AvgIpc) is 2.52. The molecule has 1 aliphatic rings. The standard InChI is InChI=1S/C17H26N4O3/c1-17(2,3)24-16(23)20-9-13-5-4-8-21(11-13)12-15(22)14-10-18-6-7-19-14/h6-7,10,13H,4-5,8-9,11-12H2,1-3H3,(H,20,23). The molecule has 0 radical (unpaired) electrons. The van der Waals surface area contributed by atoms with Gasteiger partial charge in [-0.15, -0.1) is 0 Å². The van der Waals surface area contributed by atoms with Crippen molar-refractivity contribution < 1.29 is 14.3 Å². The number of amides is 1. The Labute approximate surface area is 142 Å². The minimum Gasteiger partial charge on any atom is -0.444 e. The summed E-state index contributed by atoms with van der Waals surface area (Å²) in [6.45, 7) is 8.08. The Morgan fingerprint density at radius 2 is 2.17 bits per heavy atom. The van der Waals surface area contributed by atoms with Crippen LogP contribution in [-0.4, -0.2) is 58.5 Å². The van der Waals surface area contributed by atoms with Crippen LogP contribution in [0.25, 0.3) is 0 Å². The molecule has 2 rings (SSSR count). The van der Waals surface area contributed by atoms with Gasteiger partial charge in [0, 0.05) is 25.5 Å². The van der Waals surface area contributed by atoms with E-state index in [9.17, 15) is 9.59 Å². The van der Waals surface area contributed by atoms with Crippen LogP contribution in [-0.2, 0) is 4.74 Å². The van der Waals surface area contributed by atoms with E-state index < -0.39 is 11.7 Å². The highest BCUT2D eigenvalue weighted by atomic mass is 16.6. The largest absolute Gasteiger partial charge is 0.444 e. The van der Waals surface area contributed by atoms with Crippen molar-refractivity contribution in [1.82, 2.24) is 20.2 Å². The lowest BCUT2D eigenvalue weighted by Crippen LogP contribution is -2.43. The zero-order valence-corrected chi connectivity index (χ0v) is 14.6. The molecular formula is C17H26N4O3. The summed E-state index contributed by atoms with van der Waals surface area (Å²) in [4.78, 5) is 34.0. The van der Waals surface area contributed by atoms with Gasteiger partial charge in [-0.1, -0.05) is 0 Å². The van der Waals surface area contributed by atoms with Crippen molar-refractivity contribution in [2.75, 3.05) is 26.2 Å². The zero-order chi connectivity index (χ0) is 17.6. The Morgan fingerprint density at radius 3 is 2.83 bits per heavy atom. The molecule has 1 aromatic rings. The molecule has 1 fully saturated rings. The van der Waals surface area contributed by atoms with Gasteiger partial charge in [-0.25, -0.2) is 9.78 Å².